The van der Waals surface area contributed by atoms with E-state index < -0.39 is 0 Å². The van der Waals surface area contributed by atoms with E-state index in [0.717, 1.165) is 36.2 Å². The third kappa shape index (κ3) is 7.51. The van der Waals surface area contributed by atoms with Crippen LogP contribution in [-0.4, -0.2) is 25.0 Å². The lowest BCUT2D eigenvalue weighted by atomic mass is 10.2. The molecule has 0 aromatic heterocycles. The summed E-state index contributed by atoms with van der Waals surface area (Å²) in [4.78, 5) is 16.3. The number of rotatable bonds is 7. The van der Waals surface area contributed by atoms with Gasteiger partial charge in [0.05, 0.1) is 6.54 Å². The van der Waals surface area contributed by atoms with Crippen molar-refractivity contribution < 1.29 is 4.79 Å². The maximum Gasteiger partial charge on any atom is 0.226 e. The number of nitrogens with zero attached hydrogens (tertiary/aromatic N) is 1. The lowest BCUT2D eigenvalue weighted by Gasteiger charge is -2.11. The Morgan fingerprint density at radius 3 is 2.42 bits per heavy atom. The highest BCUT2D eigenvalue weighted by atomic mass is 127. The molecule has 2 rings (SSSR count). The molecule has 1 amide bonds. The molecule has 1 saturated carbocycles. The van der Waals surface area contributed by atoms with Gasteiger partial charge >= 0.3 is 0 Å². The molecule has 0 bridgehead atoms. The van der Waals surface area contributed by atoms with Crippen LogP contribution in [0.2, 0.25) is 0 Å². The summed E-state index contributed by atoms with van der Waals surface area (Å²) in [6.45, 7) is 8.33. The first-order valence-electron chi connectivity index (χ1n) is 8.50. The van der Waals surface area contributed by atoms with Crippen molar-refractivity contribution in [2.75, 3.05) is 18.4 Å². The highest BCUT2D eigenvalue weighted by Crippen LogP contribution is 2.27. The minimum atomic E-state index is -0.0144. The molecule has 1 aliphatic rings. The van der Waals surface area contributed by atoms with Gasteiger partial charge in [0.15, 0.2) is 5.96 Å². The summed E-state index contributed by atoms with van der Waals surface area (Å²) >= 11 is 0. The second-order valence-corrected chi connectivity index (χ2v) is 6.36. The van der Waals surface area contributed by atoms with Crippen molar-refractivity contribution in [2.24, 2.45) is 16.8 Å². The van der Waals surface area contributed by atoms with Gasteiger partial charge in [-0.05, 0) is 43.4 Å². The number of hydrogen-bond acceptors (Lipinski definition) is 2. The van der Waals surface area contributed by atoms with Crippen molar-refractivity contribution >= 4 is 41.5 Å². The fourth-order valence-corrected chi connectivity index (χ4v) is 2.06. The summed E-state index contributed by atoms with van der Waals surface area (Å²) in [5, 5.41) is 9.55. The first kappa shape index (κ1) is 20.7. The quantitative estimate of drug-likeness (QED) is 0.343. The van der Waals surface area contributed by atoms with Crippen LogP contribution in [0.4, 0.5) is 5.69 Å². The molecule has 1 aromatic rings. The molecule has 0 atom stereocenters. The third-order valence-corrected chi connectivity index (χ3v) is 3.76. The lowest BCUT2D eigenvalue weighted by Crippen LogP contribution is -2.38. The Hall–Kier alpha value is -1.31. The van der Waals surface area contributed by atoms with Gasteiger partial charge in [-0.15, -0.1) is 24.0 Å². The van der Waals surface area contributed by atoms with Crippen LogP contribution in [0, 0.1) is 11.8 Å². The average Bonchev–Trinajstić information content (AvgIpc) is 3.35. The van der Waals surface area contributed by atoms with Gasteiger partial charge < -0.3 is 16.0 Å². The Morgan fingerprint density at radius 1 is 1.21 bits per heavy atom. The zero-order chi connectivity index (χ0) is 16.7. The fraction of sp³-hybridized carbons (Fsp3) is 0.556. The number of benzene rings is 1. The molecule has 134 valence electrons. The normalized spacial score (nSPS) is 14.1. The Labute approximate surface area is 162 Å². The van der Waals surface area contributed by atoms with Crippen LogP contribution in [0.25, 0.3) is 0 Å². The smallest absolute Gasteiger partial charge is 0.226 e. The SMILES string of the molecule is CCNC(=NCc1ccc(NC(=O)C(C)C)cc1)NCC1CC1.I. The number of carbonyl (C=O) groups is 1. The van der Waals surface area contributed by atoms with Crippen molar-refractivity contribution in [3.05, 3.63) is 29.8 Å². The summed E-state index contributed by atoms with van der Waals surface area (Å²) in [5.41, 5.74) is 1.95. The fourth-order valence-electron chi connectivity index (χ4n) is 2.06. The zero-order valence-corrected chi connectivity index (χ0v) is 17.1. The number of nitrogens with one attached hydrogen (secondary N) is 3. The Bertz CT molecular complexity index is 538. The molecule has 6 heteroatoms. The van der Waals surface area contributed by atoms with E-state index in [1.807, 2.05) is 38.1 Å². The summed E-state index contributed by atoms with van der Waals surface area (Å²) in [6.07, 6.45) is 2.66. The van der Waals surface area contributed by atoms with E-state index in [-0.39, 0.29) is 35.8 Å². The molecular formula is C18H29IN4O. The number of carbonyl (C=O) groups excluding carboxylic acids is 1. The molecule has 5 nitrogen and oxygen atoms in total. The largest absolute Gasteiger partial charge is 0.357 e. The average molecular weight is 444 g/mol. The van der Waals surface area contributed by atoms with Crippen molar-refractivity contribution in [1.29, 1.82) is 0 Å². The number of anilines is 1. The van der Waals surface area contributed by atoms with E-state index in [4.69, 9.17) is 0 Å². The van der Waals surface area contributed by atoms with Crippen LogP contribution in [0.3, 0.4) is 0 Å². The monoisotopic (exact) mass is 444 g/mol. The molecule has 0 heterocycles. The highest BCUT2D eigenvalue weighted by molar-refractivity contribution is 14.0. The summed E-state index contributed by atoms with van der Waals surface area (Å²) in [5.74, 6) is 1.72. The highest BCUT2D eigenvalue weighted by Gasteiger charge is 2.20. The van der Waals surface area contributed by atoms with Crippen LogP contribution < -0.4 is 16.0 Å². The minimum absolute atomic E-state index is 0. The van der Waals surface area contributed by atoms with Crippen LogP contribution >= 0.6 is 24.0 Å². The van der Waals surface area contributed by atoms with E-state index in [9.17, 15) is 4.79 Å². The van der Waals surface area contributed by atoms with E-state index in [2.05, 4.69) is 27.9 Å². The van der Waals surface area contributed by atoms with Gasteiger partial charge in [-0.3, -0.25) is 4.79 Å². The molecule has 0 aliphatic heterocycles. The molecule has 0 spiro atoms. The second-order valence-electron chi connectivity index (χ2n) is 6.36. The van der Waals surface area contributed by atoms with Gasteiger partial charge in [-0.1, -0.05) is 26.0 Å². The van der Waals surface area contributed by atoms with Crippen molar-refractivity contribution in [2.45, 2.75) is 40.2 Å². The molecule has 1 aromatic carbocycles. The third-order valence-electron chi connectivity index (χ3n) is 3.76. The van der Waals surface area contributed by atoms with Gasteiger partial charge in [0.25, 0.3) is 0 Å². The topological polar surface area (TPSA) is 65.5 Å². The molecule has 1 fully saturated rings. The summed E-state index contributed by atoms with van der Waals surface area (Å²) in [6, 6.07) is 7.86. The molecule has 0 unspecified atom stereocenters. The molecule has 3 N–H and O–H groups in total. The van der Waals surface area contributed by atoms with Gasteiger partial charge in [0.2, 0.25) is 5.91 Å². The number of amides is 1. The number of halogens is 1. The Balaban J connectivity index is 0.00000288. The standard InChI is InChI=1S/C18H28N4O.HI/c1-4-19-18(20-11-14-5-6-14)21-12-15-7-9-16(10-8-15)22-17(23)13(2)3;/h7-10,13-14H,4-6,11-12H2,1-3H3,(H,22,23)(H2,19,20,21);1H. The minimum Gasteiger partial charge on any atom is -0.357 e. The van der Waals surface area contributed by atoms with E-state index in [1.165, 1.54) is 12.8 Å². The molecule has 24 heavy (non-hydrogen) atoms. The predicted octanol–water partition coefficient (Wildman–Crippen LogP) is 3.36. The van der Waals surface area contributed by atoms with Crippen LogP contribution in [0.1, 0.15) is 39.2 Å². The summed E-state index contributed by atoms with van der Waals surface area (Å²) < 4.78 is 0. The Kier molecular flexibility index (Phi) is 9.10. The zero-order valence-electron chi connectivity index (χ0n) is 14.8. The predicted molar refractivity (Wildman–Crippen MR) is 111 cm³/mol. The lowest BCUT2D eigenvalue weighted by molar-refractivity contribution is -0.118. The van der Waals surface area contributed by atoms with Crippen LogP contribution in [0.15, 0.2) is 29.3 Å². The van der Waals surface area contributed by atoms with E-state index in [0.29, 0.717) is 6.54 Å². The first-order chi connectivity index (χ1) is 11.1. The maximum absolute atomic E-state index is 11.7. The van der Waals surface area contributed by atoms with Crippen molar-refractivity contribution in [3.8, 4) is 0 Å². The van der Waals surface area contributed by atoms with Crippen LogP contribution in [-0.2, 0) is 11.3 Å². The molecular weight excluding hydrogens is 415 g/mol. The van der Waals surface area contributed by atoms with Gasteiger partial charge in [-0.25, -0.2) is 4.99 Å². The number of guanidine groups is 1. The Morgan fingerprint density at radius 2 is 1.88 bits per heavy atom. The van der Waals surface area contributed by atoms with Gasteiger partial charge in [-0.2, -0.15) is 0 Å². The number of aliphatic imine (C=N–C) groups is 1. The van der Waals surface area contributed by atoms with Gasteiger partial charge in [0.1, 0.15) is 0 Å². The number of hydrogen-bond donors (Lipinski definition) is 3. The second kappa shape index (κ2) is 10.5. The molecule has 0 radical (unpaired) electrons. The van der Waals surface area contributed by atoms with Crippen LogP contribution in [0.5, 0.6) is 0 Å². The van der Waals surface area contributed by atoms with Crippen molar-refractivity contribution in [1.82, 2.24) is 10.6 Å². The van der Waals surface area contributed by atoms with E-state index >= 15 is 0 Å². The molecule has 1 aliphatic carbocycles. The first-order valence-corrected chi connectivity index (χ1v) is 8.50. The maximum atomic E-state index is 11.7. The molecule has 0 saturated heterocycles. The van der Waals surface area contributed by atoms with E-state index in [1.54, 1.807) is 0 Å². The summed E-state index contributed by atoms with van der Waals surface area (Å²) in [7, 11) is 0. The van der Waals surface area contributed by atoms with Crippen molar-refractivity contribution in [3.63, 3.8) is 0 Å². The van der Waals surface area contributed by atoms with Gasteiger partial charge in [0, 0.05) is 24.7 Å².